The quantitative estimate of drug-likeness (QED) is 0.904. The fourth-order valence-corrected chi connectivity index (χ4v) is 3.87. The molecule has 3 heterocycles. The first-order valence-corrected chi connectivity index (χ1v) is 8.48. The monoisotopic (exact) mass is 332 g/mol. The molecule has 1 aliphatic heterocycles. The summed E-state index contributed by atoms with van der Waals surface area (Å²) in [5, 5.41) is 12.0. The molecule has 2 aromatic rings. The molecule has 0 radical (unpaired) electrons. The van der Waals surface area contributed by atoms with Crippen molar-refractivity contribution in [1.82, 2.24) is 14.9 Å². The fourth-order valence-electron chi connectivity index (χ4n) is 3.14. The number of amides is 1. The molecular weight excluding hydrogens is 316 g/mol. The van der Waals surface area contributed by atoms with Gasteiger partial charge in [-0.25, -0.2) is 9.97 Å². The molecule has 4 rings (SSSR count). The standard InChI is InChI=1S/C15H16N4O3S/c20-14(10-7-11(10)15(21)22)19-4-2-18(3-5-19)12-9-1-6-23-13(9)17-8-16-12/h1,6,8,10-11H,2-5,7H2,(H,21,22)/t10-,11+/m0/s1. The first-order valence-electron chi connectivity index (χ1n) is 7.60. The van der Waals surface area contributed by atoms with Crippen LogP contribution in [0.4, 0.5) is 5.82 Å². The van der Waals surface area contributed by atoms with Crippen molar-refractivity contribution in [3.8, 4) is 0 Å². The molecule has 23 heavy (non-hydrogen) atoms. The number of aliphatic carboxylic acids is 1. The Balaban J connectivity index is 1.42. The van der Waals surface area contributed by atoms with Gasteiger partial charge in [0.05, 0.1) is 17.2 Å². The van der Waals surface area contributed by atoms with Gasteiger partial charge in [0.1, 0.15) is 17.0 Å². The summed E-state index contributed by atoms with van der Waals surface area (Å²) in [6.45, 7) is 2.63. The van der Waals surface area contributed by atoms with Gasteiger partial charge in [0.15, 0.2) is 0 Å². The zero-order valence-electron chi connectivity index (χ0n) is 12.4. The lowest BCUT2D eigenvalue weighted by molar-refractivity contribution is -0.142. The molecule has 7 nitrogen and oxygen atoms in total. The molecule has 1 saturated carbocycles. The topological polar surface area (TPSA) is 86.6 Å². The minimum Gasteiger partial charge on any atom is -0.481 e. The van der Waals surface area contributed by atoms with E-state index in [-0.39, 0.29) is 11.8 Å². The van der Waals surface area contributed by atoms with Crippen molar-refractivity contribution in [2.45, 2.75) is 6.42 Å². The van der Waals surface area contributed by atoms with Gasteiger partial charge in [0, 0.05) is 26.2 Å². The van der Waals surface area contributed by atoms with Gasteiger partial charge in [-0.3, -0.25) is 9.59 Å². The van der Waals surface area contributed by atoms with E-state index in [2.05, 4.69) is 14.9 Å². The Morgan fingerprint density at radius 1 is 1.17 bits per heavy atom. The highest BCUT2D eigenvalue weighted by atomic mass is 32.1. The molecule has 8 heteroatoms. The number of carboxylic acid groups (broad SMARTS) is 1. The van der Waals surface area contributed by atoms with Crippen molar-refractivity contribution < 1.29 is 14.7 Å². The van der Waals surface area contributed by atoms with Crippen molar-refractivity contribution in [3.63, 3.8) is 0 Å². The van der Waals surface area contributed by atoms with Crippen molar-refractivity contribution in [3.05, 3.63) is 17.8 Å². The van der Waals surface area contributed by atoms with E-state index in [1.165, 1.54) is 0 Å². The maximum atomic E-state index is 12.3. The molecule has 1 aliphatic carbocycles. The number of carboxylic acids is 1. The molecule has 1 N–H and O–H groups in total. The van der Waals surface area contributed by atoms with Crippen molar-refractivity contribution >= 4 is 39.2 Å². The summed E-state index contributed by atoms with van der Waals surface area (Å²) in [7, 11) is 0. The van der Waals surface area contributed by atoms with Crippen LogP contribution in [0.2, 0.25) is 0 Å². The number of aromatic nitrogens is 2. The Morgan fingerprint density at radius 2 is 1.96 bits per heavy atom. The summed E-state index contributed by atoms with van der Waals surface area (Å²) in [5.41, 5.74) is 0. The highest BCUT2D eigenvalue weighted by Gasteiger charge is 2.50. The number of thiophene rings is 1. The van der Waals surface area contributed by atoms with Crippen LogP contribution in [0.3, 0.4) is 0 Å². The number of nitrogens with zero attached hydrogens (tertiary/aromatic N) is 4. The van der Waals surface area contributed by atoms with Crippen molar-refractivity contribution in [2.24, 2.45) is 11.8 Å². The smallest absolute Gasteiger partial charge is 0.307 e. The number of hydrogen-bond acceptors (Lipinski definition) is 6. The zero-order valence-corrected chi connectivity index (χ0v) is 13.2. The van der Waals surface area contributed by atoms with E-state index < -0.39 is 11.9 Å². The van der Waals surface area contributed by atoms with Crippen LogP contribution >= 0.6 is 11.3 Å². The van der Waals surface area contributed by atoms with E-state index in [0.717, 1.165) is 16.0 Å². The average molecular weight is 332 g/mol. The van der Waals surface area contributed by atoms with E-state index in [9.17, 15) is 9.59 Å². The maximum absolute atomic E-state index is 12.3. The van der Waals surface area contributed by atoms with Gasteiger partial charge in [-0.15, -0.1) is 11.3 Å². The summed E-state index contributed by atoms with van der Waals surface area (Å²) in [4.78, 5) is 36.8. The maximum Gasteiger partial charge on any atom is 0.307 e. The number of carbonyl (C=O) groups is 2. The Hall–Kier alpha value is -2.22. The third-order valence-corrected chi connectivity index (χ3v) is 5.38. The van der Waals surface area contributed by atoms with Gasteiger partial charge < -0.3 is 14.9 Å². The summed E-state index contributed by atoms with van der Waals surface area (Å²) in [6.07, 6.45) is 2.06. The predicted molar refractivity (Wildman–Crippen MR) is 85.4 cm³/mol. The first kappa shape index (κ1) is 14.4. The lowest BCUT2D eigenvalue weighted by Gasteiger charge is -2.35. The van der Waals surface area contributed by atoms with Gasteiger partial charge in [-0.05, 0) is 17.9 Å². The normalized spacial score (nSPS) is 24.0. The van der Waals surface area contributed by atoms with Crippen LogP contribution in [0.5, 0.6) is 0 Å². The Bertz CT molecular complexity index is 769. The fraction of sp³-hybridized carbons (Fsp3) is 0.467. The van der Waals surface area contributed by atoms with E-state index in [4.69, 9.17) is 5.11 Å². The van der Waals surface area contributed by atoms with Crippen molar-refractivity contribution in [1.29, 1.82) is 0 Å². The second kappa shape index (κ2) is 5.45. The molecule has 2 atom stereocenters. The number of carbonyl (C=O) groups excluding carboxylic acids is 1. The van der Waals surface area contributed by atoms with Gasteiger partial charge in [-0.1, -0.05) is 0 Å². The summed E-state index contributed by atoms with van der Waals surface area (Å²) >= 11 is 1.59. The molecule has 2 aromatic heterocycles. The molecular formula is C15H16N4O3S. The zero-order chi connectivity index (χ0) is 16.0. The minimum atomic E-state index is -0.858. The third kappa shape index (κ3) is 2.52. The highest BCUT2D eigenvalue weighted by molar-refractivity contribution is 7.16. The molecule has 0 spiro atoms. The number of anilines is 1. The minimum absolute atomic E-state index is 0.0135. The lowest BCUT2D eigenvalue weighted by atomic mass is 10.2. The Morgan fingerprint density at radius 3 is 2.65 bits per heavy atom. The first-order chi connectivity index (χ1) is 11.1. The van der Waals surface area contributed by atoms with Gasteiger partial charge >= 0.3 is 5.97 Å². The Labute approximate surface area is 136 Å². The largest absolute Gasteiger partial charge is 0.481 e. The molecule has 0 aromatic carbocycles. The molecule has 0 unspecified atom stereocenters. The summed E-state index contributed by atoms with van der Waals surface area (Å²) in [6, 6.07) is 2.02. The van der Waals surface area contributed by atoms with E-state index in [1.807, 2.05) is 11.4 Å². The van der Waals surface area contributed by atoms with E-state index in [0.29, 0.717) is 32.6 Å². The average Bonchev–Trinajstić information content (AvgIpc) is 3.24. The summed E-state index contributed by atoms with van der Waals surface area (Å²) in [5.74, 6) is -0.754. The molecule has 120 valence electrons. The van der Waals surface area contributed by atoms with Gasteiger partial charge in [0.2, 0.25) is 5.91 Å². The van der Waals surface area contributed by atoms with Gasteiger partial charge in [0.25, 0.3) is 0 Å². The SMILES string of the molecule is O=C(O)[C@@H]1C[C@@H]1C(=O)N1CCN(c2ncnc3sccc23)CC1. The van der Waals surface area contributed by atoms with Gasteiger partial charge in [-0.2, -0.15) is 0 Å². The number of hydrogen-bond donors (Lipinski definition) is 1. The molecule has 2 aliphatic rings. The van der Waals surface area contributed by atoms with Crippen LogP contribution in [0, 0.1) is 11.8 Å². The molecule has 1 amide bonds. The predicted octanol–water partition coefficient (Wildman–Crippen LogP) is 1.06. The number of rotatable bonds is 3. The van der Waals surface area contributed by atoms with Crippen LogP contribution in [-0.2, 0) is 9.59 Å². The number of piperazine rings is 1. The van der Waals surface area contributed by atoms with Crippen LogP contribution in [-0.4, -0.2) is 58.0 Å². The van der Waals surface area contributed by atoms with Crippen LogP contribution in [0.1, 0.15) is 6.42 Å². The summed E-state index contributed by atoms with van der Waals surface area (Å²) < 4.78 is 0. The highest BCUT2D eigenvalue weighted by Crippen LogP contribution is 2.40. The number of fused-ring (bicyclic) bond motifs is 1. The van der Waals surface area contributed by atoms with Crippen molar-refractivity contribution in [2.75, 3.05) is 31.1 Å². The second-order valence-corrected chi connectivity index (χ2v) is 6.83. The van der Waals surface area contributed by atoms with Crippen LogP contribution in [0.25, 0.3) is 10.2 Å². The molecule has 1 saturated heterocycles. The second-order valence-electron chi connectivity index (χ2n) is 5.94. The van der Waals surface area contributed by atoms with Crippen LogP contribution in [0.15, 0.2) is 17.8 Å². The van der Waals surface area contributed by atoms with E-state index >= 15 is 0 Å². The Kier molecular flexibility index (Phi) is 3.41. The third-order valence-electron chi connectivity index (χ3n) is 4.56. The van der Waals surface area contributed by atoms with Crippen LogP contribution < -0.4 is 4.90 Å². The lowest BCUT2D eigenvalue weighted by Crippen LogP contribution is -2.49. The van der Waals surface area contributed by atoms with E-state index in [1.54, 1.807) is 22.6 Å². The molecule has 0 bridgehead atoms. The molecule has 2 fully saturated rings.